The molecule has 17 heavy (non-hydrogen) atoms. The monoisotopic (exact) mass is 238 g/mol. The number of hydrogen-bond acceptors (Lipinski definition) is 2. The van der Waals surface area contributed by atoms with E-state index in [2.05, 4.69) is 0 Å². The van der Waals surface area contributed by atoms with Crippen molar-refractivity contribution >= 4 is 5.97 Å². The Morgan fingerprint density at radius 2 is 1.88 bits per heavy atom. The molecule has 0 amide bonds. The van der Waals surface area contributed by atoms with Gasteiger partial charge < -0.3 is 10.2 Å². The Labute approximate surface area is 98.9 Å². The van der Waals surface area contributed by atoms with E-state index in [9.17, 15) is 19.4 Å². The van der Waals surface area contributed by atoms with Gasteiger partial charge in [0.2, 0.25) is 0 Å². The van der Waals surface area contributed by atoms with Crippen LogP contribution < -0.4 is 0 Å². The van der Waals surface area contributed by atoms with Crippen LogP contribution in [0.2, 0.25) is 0 Å². The highest BCUT2D eigenvalue weighted by Crippen LogP contribution is 2.51. The number of halogens is 1. The van der Waals surface area contributed by atoms with Crippen LogP contribution >= 0.6 is 0 Å². The molecule has 0 spiro atoms. The summed E-state index contributed by atoms with van der Waals surface area (Å²) < 4.78 is 14.5. The molecule has 2 rings (SSSR count). The van der Waals surface area contributed by atoms with Gasteiger partial charge in [0.15, 0.2) is 0 Å². The molecule has 0 aliphatic heterocycles. The second kappa shape index (κ2) is 4.35. The third-order valence-electron chi connectivity index (χ3n) is 3.62. The number of phenolic OH excluding ortho intramolecular Hbond substituents is 1. The molecular formula is C13H15FO3. The fraction of sp³-hybridized carbons (Fsp3) is 0.462. The summed E-state index contributed by atoms with van der Waals surface area (Å²) in [5.74, 6) is -1.28. The van der Waals surface area contributed by atoms with Crippen LogP contribution in [0.4, 0.5) is 4.39 Å². The highest BCUT2D eigenvalue weighted by atomic mass is 19.1. The van der Waals surface area contributed by atoms with Crippen molar-refractivity contribution in [3.63, 3.8) is 0 Å². The highest BCUT2D eigenvalue weighted by molar-refractivity contribution is 5.76. The summed E-state index contributed by atoms with van der Waals surface area (Å²) in [5, 5.41) is 18.9. The smallest absolute Gasteiger partial charge is 0.312 e. The van der Waals surface area contributed by atoms with Crippen molar-refractivity contribution in [3.05, 3.63) is 29.8 Å². The highest BCUT2D eigenvalue weighted by Gasteiger charge is 2.49. The lowest BCUT2D eigenvalue weighted by Gasteiger charge is -2.28. The van der Waals surface area contributed by atoms with Gasteiger partial charge in [-0.05, 0) is 18.9 Å². The molecule has 4 heteroatoms. The first-order valence-corrected chi connectivity index (χ1v) is 5.73. The number of aliphatic carboxylic acids is 1. The summed E-state index contributed by atoms with van der Waals surface area (Å²) in [6.07, 6.45) is 0.458. The van der Waals surface area contributed by atoms with Gasteiger partial charge in [0.05, 0.1) is 0 Å². The summed E-state index contributed by atoms with van der Waals surface area (Å²) in [6.45, 7) is 0. The largest absolute Gasteiger partial charge is 0.508 e. The number of alkyl halides is 1. The molecule has 0 heterocycles. The van der Waals surface area contributed by atoms with Gasteiger partial charge in [0.25, 0.3) is 0 Å². The third-order valence-corrected chi connectivity index (χ3v) is 3.62. The fourth-order valence-electron chi connectivity index (χ4n) is 2.58. The predicted molar refractivity (Wildman–Crippen MR) is 60.5 cm³/mol. The predicted octanol–water partition coefficient (Wildman–Crippen LogP) is 3.05. The van der Waals surface area contributed by atoms with Gasteiger partial charge in [0.1, 0.15) is 17.3 Å². The van der Waals surface area contributed by atoms with E-state index in [1.807, 2.05) is 0 Å². The lowest BCUT2D eigenvalue weighted by Crippen LogP contribution is -2.32. The first-order valence-electron chi connectivity index (χ1n) is 5.73. The second-order valence-electron chi connectivity index (χ2n) is 4.59. The Morgan fingerprint density at radius 1 is 1.29 bits per heavy atom. The number of carbonyl (C=O) groups is 1. The van der Waals surface area contributed by atoms with Crippen molar-refractivity contribution in [2.75, 3.05) is 0 Å². The number of phenols is 1. The van der Waals surface area contributed by atoms with Crippen molar-refractivity contribution in [1.29, 1.82) is 0 Å². The maximum absolute atomic E-state index is 14.5. The zero-order valence-corrected chi connectivity index (χ0v) is 9.40. The first kappa shape index (κ1) is 11.9. The van der Waals surface area contributed by atoms with Gasteiger partial charge in [0, 0.05) is 5.56 Å². The molecule has 0 radical (unpaired) electrons. The Morgan fingerprint density at radius 3 is 2.41 bits per heavy atom. The van der Waals surface area contributed by atoms with Crippen LogP contribution in [0.3, 0.4) is 0 Å². The van der Waals surface area contributed by atoms with E-state index in [1.54, 1.807) is 12.1 Å². The minimum atomic E-state index is -1.65. The van der Waals surface area contributed by atoms with Crippen LogP contribution in [0.15, 0.2) is 24.3 Å². The summed E-state index contributed by atoms with van der Waals surface area (Å²) in [5.41, 5.74) is -1.28. The lowest BCUT2D eigenvalue weighted by molar-refractivity contribution is -0.153. The number of benzene rings is 1. The van der Waals surface area contributed by atoms with Gasteiger partial charge in [-0.1, -0.05) is 31.0 Å². The number of para-hydroxylation sites is 1. The molecule has 1 saturated carbocycles. The third kappa shape index (κ3) is 1.88. The molecular weight excluding hydrogens is 223 g/mol. The average molecular weight is 238 g/mol. The normalized spacial score (nSPS) is 20.1. The molecule has 2 N–H and O–H groups in total. The van der Waals surface area contributed by atoms with Gasteiger partial charge in [-0.3, -0.25) is 4.79 Å². The lowest BCUT2D eigenvalue weighted by atomic mass is 9.78. The molecule has 0 saturated heterocycles. The van der Waals surface area contributed by atoms with Crippen molar-refractivity contribution in [3.8, 4) is 5.75 Å². The van der Waals surface area contributed by atoms with Crippen LogP contribution in [-0.4, -0.2) is 16.2 Å². The van der Waals surface area contributed by atoms with Crippen LogP contribution in [0.5, 0.6) is 5.75 Å². The molecule has 1 aromatic rings. The second-order valence-corrected chi connectivity index (χ2v) is 4.59. The van der Waals surface area contributed by atoms with Gasteiger partial charge in [-0.25, -0.2) is 4.39 Å². The van der Waals surface area contributed by atoms with E-state index in [0.717, 1.165) is 12.8 Å². The molecule has 1 aromatic carbocycles. The van der Waals surface area contributed by atoms with Crippen molar-refractivity contribution in [2.24, 2.45) is 5.41 Å². The number of aromatic hydroxyl groups is 1. The Hall–Kier alpha value is -1.58. The molecule has 1 unspecified atom stereocenters. The average Bonchev–Trinajstić information content (AvgIpc) is 2.79. The zero-order chi connectivity index (χ0) is 12.5. The topological polar surface area (TPSA) is 57.5 Å². The van der Waals surface area contributed by atoms with Crippen LogP contribution in [0.1, 0.15) is 37.4 Å². The number of hydrogen-bond donors (Lipinski definition) is 2. The Kier molecular flexibility index (Phi) is 3.05. The summed E-state index contributed by atoms with van der Waals surface area (Å²) in [6, 6.07) is 6.02. The maximum atomic E-state index is 14.5. The van der Waals surface area contributed by atoms with E-state index >= 15 is 0 Å². The summed E-state index contributed by atoms with van der Waals surface area (Å²) >= 11 is 0. The fourth-order valence-corrected chi connectivity index (χ4v) is 2.58. The maximum Gasteiger partial charge on any atom is 0.312 e. The first-order chi connectivity index (χ1) is 8.08. The summed E-state index contributed by atoms with van der Waals surface area (Å²) in [7, 11) is 0. The van der Waals surface area contributed by atoms with E-state index < -0.39 is 17.6 Å². The van der Waals surface area contributed by atoms with Gasteiger partial charge in [-0.15, -0.1) is 0 Å². The quantitative estimate of drug-likeness (QED) is 0.850. The van der Waals surface area contributed by atoms with E-state index in [-0.39, 0.29) is 11.3 Å². The molecule has 0 bridgehead atoms. The standard InChI is InChI=1S/C13H15FO3/c14-11(9-5-1-2-6-10(9)15)13(12(16)17)7-3-4-8-13/h1-2,5-6,11,15H,3-4,7-8H2,(H,16,17). The van der Waals surface area contributed by atoms with Gasteiger partial charge >= 0.3 is 5.97 Å². The SMILES string of the molecule is O=C(O)C1(C(F)c2ccccc2O)CCCC1. The number of carboxylic acid groups (broad SMARTS) is 1. The van der Waals surface area contributed by atoms with E-state index in [4.69, 9.17) is 0 Å². The molecule has 92 valence electrons. The van der Waals surface area contributed by atoms with Crippen LogP contribution in [-0.2, 0) is 4.79 Å². The van der Waals surface area contributed by atoms with Crippen LogP contribution in [0, 0.1) is 5.41 Å². The molecule has 1 fully saturated rings. The molecule has 3 nitrogen and oxygen atoms in total. The van der Waals surface area contributed by atoms with Crippen molar-refractivity contribution in [1.82, 2.24) is 0 Å². The molecule has 1 aliphatic rings. The van der Waals surface area contributed by atoms with Gasteiger partial charge in [-0.2, -0.15) is 0 Å². The molecule has 1 atom stereocenters. The molecule has 0 aromatic heterocycles. The number of rotatable bonds is 3. The van der Waals surface area contributed by atoms with E-state index in [0.29, 0.717) is 12.8 Å². The van der Waals surface area contributed by atoms with Crippen molar-refractivity contribution in [2.45, 2.75) is 31.9 Å². The van der Waals surface area contributed by atoms with Crippen LogP contribution in [0.25, 0.3) is 0 Å². The minimum absolute atomic E-state index is 0.0804. The summed E-state index contributed by atoms with van der Waals surface area (Å²) in [4.78, 5) is 11.3. The van der Waals surface area contributed by atoms with Crippen molar-refractivity contribution < 1.29 is 19.4 Å². The van der Waals surface area contributed by atoms with E-state index in [1.165, 1.54) is 12.1 Å². The Balaban J connectivity index is 2.38. The zero-order valence-electron chi connectivity index (χ0n) is 9.40. The number of carboxylic acids is 1. The minimum Gasteiger partial charge on any atom is -0.508 e. The Bertz CT molecular complexity index is 424. The molecule has 1 aliphatic carbocycles.